The number of nitrogens with two attached hydrogens (primary N) is 1. The number of carbonyl (C=O) groups excluding carboxylic acids is 1. The third kappa shape index (κ3) is 4.31. The van der Waals surface area contributed by atoms with Gasteiger partial charge in [-0.1, -0.05) is 0 Å². The molecular formula is C8H16N2O2. The van der Waals surface area contributed by atoms with Crippen LogP contribution in [0, 0.1) is 0 Å². The molecule has 0 saturated heterocycles. The zero-order chi connectivity index (χ0) is 8.81. The molecule has 0 heterocycles. The van der Waals surface area contributed by atoms with Crippen molar-refractivity contribution in [3.8, 4) is 0 Å². The second-order valence-electron chi connectivity index (χ2n) is 2.99. The predicted octanol–water partition coefficient (Wildman–Crippen LogP) is -0.370. The van der Waals surface area contributed by atoms with Gasteiger partial charge >= 0.3 is 0 Å². The highest BCUT2D eigenvalue weighted by molar-refractivity contribution is 5.76. The number of carbonyl (C=O) groups is 1. The molecule has 1 saturated carbocycles. The van der Waals surface area contributed by atoms with Crippen molar-refractivity contribution in [2.24, 2.45) is 5.73 Å². The summed E-state index contributed by atoms with van der Waals surface area (Å²) in [5.41, 5.74) is 5.21. The highest BCUT2D eigenvalue weighted by Gasteiger charge is 2.22. The molecule has 0 spiro atoms. The van der Waals surface area contributed by atoms with Crippen LogP contribution in [0.25, 0.3) is 0 Å². The molecule has 4 nitrogen and oxygen atoms in total. The van der Waals surface area contributed by atoms with Crippen LogP contribution in [0.2, 0.25) is 0 Å². The minimum Gasteiger partial charge on any atom is -0.380 e. The predicted molar refractivity (Wildman–Crippen MR) is 45.7 cm³/mol. The van der Waals surface area contributed by atoms with Gasteiger partial charge in [-0.25, -0.2) is 0 Å². The third-order valence-corrected chi connectivity index (χ3v) is 1.68. The van der Waals surface area contributed by atoms with E-state index >= 15 is 0 Å². The highest BCUT2D eigenvalue weighted by atomic mass is 16.5. The minimum atomic E-state index is 0.0921. The molecule has 12 heavy (non-hydrogen) atoms. The van der Waals surface area contributed by atoms with Gasteiger partial charge in [0.05, 0.1) is 13.2 Å². The number of nitrogens with one attached hydrogen (secondary N) is 1. The number of hydrogen-bond donors (Lipinski definition) is 2. The first-order valence-electron chi connectivity index (χ1n) is 4.40. The van der Waals surface area contributed by atoms with Crippen LogP contribution in [0.1, 0.15) is 19.3 Å². The minimum absolute atomic E-state index is 0.0921. The largest absolute Gasteiger partial charge is 0.380 e. The molecule has 0 aromatic carbocycles. The van der Waals surface area contributed by atoms with E-state index < -0.39 is 0 Å². The molecule has 1 aliphatic rings. The lowest BCUT2D eigenvalue weighted by molar-refractivity contribution is -0.122. The molecule has 1 rings (SSSR count). The highest BCUT2D eigenvalue weighted by Crippen LogP contribution is 2.18. The van der Waals surface area contributed by atoms with E-state index in [2.05, 4.69) is 5.32 Å². The summed E-state index contributed by atoms with van der Waals surface area (Å²) in [4.78, 5) is 11.0. The Hall–Kier alpha value is -0.610. The number of amides is 1. The molecule has 1 amide bonds. The topological polar surface area (TPSA) is 64.3 Å². The van der Waals surface area contributed by atoms with Gasteiger partial charge in [0.2, 0.25) is 5.91 Å². The van der Waals surface area contributed by atoms with Crippen LogP contribution < -0.4 is 11.1 Å². The van der Waals surface area contributed by atoms with Crippen molar-refractivity contribution < 1.29 is 9.53 Å². The summed E-state index contributed by atoms with van der Waals surface area (Å²) >= 11 is 0. The number of ether oxygens (including phenoxy) is 1. The molecule has 4 heteroatoms. The molecule has 0 unspecified atom stereocenters. The molecular weight excluding hydrogens is 156 g/mol. The lowest BCUT2D eigenvalue weighted by Gasteiger charge is -2.03. The number of hydrogen-bond acceptors (Lipinski definition) is 3. The summed E-state index contributed by atoms with van der Waals surface area (Å²) in [7, 11) is 0. The van der Waals surface area contributed by atoms with Crippen molar-refractivity contribution >= 4 is 5.91 Å². The monoisotopic (exact) mass is 172 g/mol. The summed E-state index contributed by atoms with van der Waals surface area (Å²) in [5, 5.41) is 2.88. The van der Waals surface area contributed by atoms with Crippen LogP contribution >= 0.6 is 0 Å². The Bertz CT molecular complexity index is 146. The van der Waals surface area contributed by atoms with E-state index in [9.17, 15) is 4.79 Å². The SMILES string of the molecule is NCCOCCC(=O)NC1CC1. The van der Waals surface area contributed by atoms with Gasteiger partial charge in [0, 0.05) is 19.0 Å². The van der Waals surface area contributed by atoms with Crippen molar-refractivity contribution in [2.45, 2.75) is 25.3 Å². The summed E-state index contributed by atoms with van der Waals surface area (Å²) in [6, 6.07) is 0.451. The van der Waals surface area contributed by atoms with Gasteiger partial charge < -0.3 is 15.8 Å². The standard InChI is InChI=1S/C8H16N2O2/c9-4-6-12-5-3-8(11)10-7-1-2-7/h7H,1-6,9H2,(H,10,11). The molecule has 0 aromatic heterocycles. The molecule has 0 bridgehead atoms. The maximum Gasteiger partial charge on any atom is 0.222 e. The van der Waals surface area contributed by atoms with Crippen molar-refractivity contribution in [2.75, 3.05) is 19.8 Å². The molecule has 3 N–H and O–H groups in total. The third-order valence-electron chi connectivity index (χ3n) is 1.68. The average Bonchev–Trinajstić information content (AvgIpc) is 2.82. The van der Waals surface area contributed by atoms with E-state index in [0.29, 0.717) is 32.2 Å². The molecule has 70 valence electrons. The second kappa shape index (κ2) is 5.11. The Morgan fingerprint density at radius 1 is 1.50 bits per heavy atom. The normalized spacial score (nSPS) is 16.1. The van der Waals surface area contributed by atoms with Gasteiger partial charge in [-0.05, 0) is 12.8 Å². The second-order valence-corrected chi connectivity index (χ2v) is 2.99. The van der Waals surface area contributed by atoms with Gasteiger partial charge in [-0.2, -0.15) is 0 Å². The van der Waals surface area contributed by atoms with Crippen molar-refractivity contribution in [1.82, 2.24) is 5.32 Å². The maximum atomic E-state index is 11.0. The first kappa shape index (κ1) is 9.48. The molecule has 0 aromatic rings. The van der Waals surface area contributed by atoms with Crippen molar-refractivity contribution in [1.29, 1.82) is 0 Å². The summed E-state index contributed by atoms with van der Waals surface area (Å²) in [6.45, 7) is 1.54. The Labute approximate surface area is 72.5 Å². The van der Waals surface area contributed by atoms with Gasteiger partial charge in [0.1, 0.15) is 0 Å². The Morgan fingerprint density at radius 3 is 2.83 bits per heavy atom. The molecule has 0 atom stereocenters. The fourth-order valence-corrected chi connectivity index (χ4v) is 0.878. The summed E-state index contributed by atoms with van der Waals surface area (Å²) in [6.07, 6.45) is 2.72. The number of rotatable bonds is 6. The van der Waals surface area contributed by atoms with Crippen molar-refractivity contribution in [3.05, 3.63) is 0 Å². The van der Waals surface area contributed by atoms with Gasteiger partial charge in [-0.3, -0.25) is 4.79 Å². The lowest BCUT2D eigenvalue weighted by Crippen LogP contribution is -2.26. The first-order valence-corrected chi connectivity index (χ1v) is 4.40. The lowest BCUT2D eigenvalue weighted by atomic mass is 10.4. The maximum absolute atomic E-state index is 11.0. The molecule has 0 radical (unpaired) electrons. The zero-order valence-corrected chi connectivity index (χ0v) is 7.21. The van der Waals surface area contributed by atoms with E-state index in [1.165, 1.54) is 0 Å². The zero-order valence-electron chi connectivity index (χ0n) is 7.21. The van der Waals surface area contributed by atoms with E-state index in [0.717, 1.165) is 12.8 Å². The van der Waals surface area contributed by atoms with Crippen LogP contribution in [0.3, 0.4) is 0 Å². The van der Waals surface area contributed by atoms with Crippen LogP contribution in [-0.2, 0) is 9.53 Å². The fourth-order valence-electron chi connectivity index (χ4n) is 0.878. The van der Waals surface area contributed by atoms with Crippen LogP contribution in [-0.4, -0.2) is 31.7 Å². The molecule has 1 aliphatic carbocycles. The Balaban J connectivity index is 1.87. The van der Waals surface area contributed by atoms with Crippen LogP contribution in [0.4, 0.5) is 0 Å². The fraction of sp³-hybridized carbons (Fsp3) is 0.875. The van der Waals surface area contributed by atoms with Gasteiger partial charge in [0.25, 0.3) is 0 Å². The molecule has 1 fully saturated rings. The van der Waals surface area contributed by atoms with Crippen LogP contribution in [0.15, 0.2) is 0 Å². The first-order chi connectivity index (χ1) is 5.83. The Kier molecular flexibility index (Phi) is 4.04. The van der Waals surface area contributed by atoms with Crippen molar-refractivity contribution in [3.63, 3.8) is 0 Å². The van der Waals surface area contributed by atoms with E-state index in [1.54, 1.807) is 0 Å². The van der Waals surface area contributed by atoms with E-state index in [1.807, 2.05) is 0 Å². The van der Waals surface area contributed by atoms with E-state index in [-0.39, 0.29) is 5.91 Å². The van der Waals surface area contributed by atoms with Gasteiger partial charge in [-0.15, -0.1) is 0 Å². The smallest absolute Gasteiger partial charge is 0.222 e. The average molecular weight is 172 g/mol. The van der Waals surface area contributed by atoms with Gasteiger partial charge in [0.15, 0.2) is 0 Å². The van der Waals surface area contributed by atoms with E-state index in [4.69, 9.17) is 10.5 Å². The molecule has 0 aliphatic heterocycles. The van der Waals surface area contributed by atoms with Crippen LogP contribution in [0.5, 0.6) is 0 Å². The quantitative estimate of drug-likeness (QED) is 0.537. The summed E-state index contributed by atoms with van der Waals surface area (Å²) in [5.74, 6) is 0.0921. The Morgan fingerprint density at radius 2 is 2.25 bits per heavy atom. The summed E-state index contributed by atoms with van der Waals surface area (Å²) < 4.78 is 5.07.